The van der Waals surface area contributed by atoms with Gasteiger partial charge in [-0.05, 0) is 24.6 Å². The van der Waals surface area contributed by atoms with Crippen LogP contribution in [0.4, 0.5) is 0 Å². The number of likely N-dealkylation sites (tertiary alicyclic amines) is 1. The highest BCUT2D eigenvalue weighted by Crippen LogP contribution is 2.40. The monoisotopic (exact) mass is 361 g/mol. The first-order chi connectivity index (χ1) is 13.3. The maximum atomic E-state index is 6.15. The lowest BCUT2D eigenvalue weighted by Gasteiger charge is -2.50. The third kappa shape index (κ3) is 3.29. The quantitative estimate of drug-likeness (QED) is 0.698. The van der Waals surface area contributed by atoms with Crippen LogP contribution in [0.3, 0.4) is 0 Å². The van der Waals surface area contributed by atoms with Crippen LogP contribution in [0.1, 0.15) is 12.1 Å². The number of hydrogen-bond donors (Lipinski definition) is 0. The number of fused-ring (bicyclic) bond motifs is 1. The molecule has 0 saturated carbocycles. The van der Waals surface area contributed by atoms with Crippen molar-refractivity contribution in [1.29, 1.82) is 0 Å². The second kappa shape index (κ2) is 6.91. The predicted molar refractivity (Wildman–Crippen MR) is 104 cm³/mol. The Hall–Kier alpha value is -2.50. The number of hydrogen-bond acceptors (Lipinski definition) is 5. The number of pyridine rings is 2. The molecule has 0 N–H and O–H groups in total. The van der Waals surface area contributed by atoms with Crippen LogP contribution >= 0.6 is 0 Å². The van der Waals surface area contributed by atoms with Crippen molar-refractivity contribution >= 4 is 10.9 Å². The van der Waals surface area contributed by atoms with Crippen molar-refractivity contribution in [3.05, 3.63) is 66.5 Å². The standard InChI is InChI=1S/C22H23N3O2/c1-2-6-20-17(5-1)8-9-19(24-20)13-25-15-22(16-25)18(10-12-27-22)14-26-21-7-3-4-11-23-21/h1-9,11,18H,10,12-16H2/t18-/m0/s1. The summed E-state index contributed by atoms with van der Waals surface area (Å²) in [6.45, 7) is 4.23. The smallest absolute Gasteiger partial charge is 0.213 e. The third-order valence-corrected chi connectivity index (χ3v) is 5.69. The topological polar surface area (TPSA) is 47.5 Å². The maximum absolute atomic E-state index is 6.15. The van der Waals surface area contributed by atoms with Crippen LogP contribution in [0.5, 0.6) is 5.88 Å². The molecule has 5 nitrogen and oxygen atoms in total. The molecule has 0 aliphatic carbocycles. The first-order valence-electron chi connectivity index (χ1n) is 9.56. The van der Waals surface area contributed by atoms with Crippen molar-refractivity contribution in [2.24, 2.45) is 5.92 Å². The van der Waals surface area contributed by atoms with E-state index in [-0.39, 0.29) is 5.60 Å². The van der Waals surface area contributed by atoms with E-state index in [1.807, 2.05) is 30.3 Å². The SMILES string of the molecule is c1ccc(OC[C@@H]2CCOC23CN(Cc2ccc4ccccc4n2)C3)nc1. The summed E-state index contributed by atoms with van der Waals surface area (Å²) < 4.78 is 12.1. The van der Waals surface area contributed by atoms with Crippen LogP contribution < -0.4 is 4.74 Å². The minimum Gasteiger partial charge on any atom is -0.477 e. The van der Waals surface area contributed by atoms with Gasteiger partial charge in [-0.2, -0.15) is 0 Å². The highest BCUT2D eigenvalue weighted by Gasteiger charge is 2.53. The number of aromatic nitrogens is 2. The van der Waals surface area contributed by atoms with E-state index in [1.165, 1.54) is 5.39 Å². The Morgan fingerprint density at radius 1 is 1.07 bits per heavy atom. The molecule has 138 valence electrons. The van der Waals surface area contributed by atoms with Crippen LogP contribution in [0.15, 0.2) is 60.8 Å². The molecular formula is C22H23N3O2. The van der Waals surface area contributed by atoms with Gasteiger partial charge < -0.3 is 9.47 Å². The summed E-state index contributed by atoms with van der Waals surface area (Å²) in [5.41, 5.74) is 2.11. The van der Waals surface area contributed by atoms with Crippen molar-refractivity contribution in [3.8, 4) is 5.88 Å². The van der Waals surface area contributed by atoms with E-state index in [1.54, 1.807) is 6.20 Å². The first kappa shape index (κ1) is 16.7. The third-order valence-electron chi connectivity index (χ3n) is 5.69. The van der Waals surface area contributed by atoms with Crippen molar-refractivity contribution < 1.29 is 9.47 Å². The van der Waals surface area contributed by atoms with Gasteiger partial charge in [-0.25, -0.2) is 4.98 Å². The second-order valence-electron chi connectivity index (χ2n) is 7.52. The summed E-state index contributed by atoms with van der Waals surface area (Å²) in [5, 5.41) is 1.19. The molecule has 2 saturated heterocycles. The highest BCUT2D eigenvalue weighted by molar-refractivity contribution is 5.78. The molecule has 27 heavy (non-hydrogen) atoms. The Labute approximate surface area is 159 Å². The van der Waals surface area contributed by atoms with E-state index in [2.05, 4.69) is 34.1 Å². The molecule has 0 radical (unpaired) electrons. The number of nitrogens with zero attached hydrogens (tertiary/aromatic N) is 3. The number of benzene rings is 1. The van der Waals surface area contributed by atoms with Gasteiger partial charge in [0.1, 0.15) is 0 Å². The average Bonchev–Trinajstić information content (AvgIpc) is 3.11. The fourth-order valence-electron chi connectivity index (χ4n) is 4.24. The van der Waals surface area contributed by atoms with Crippen LogP contribution in [0.2, 0.25) is 0 Å². The Kier molecular flexibility index (Phi) is 4.26. The fourth-order valence-corrected chi connectivity index (χ4v) is 4.24. The zero-order valence-electron chi connectivity index (χ0n) is 15.3. The van der Waals surface area contributed by atoms with Gasteiger partial charge in [-0.1, -0.05) is 30.3 Å². The molecule has 1 aromatic carbocycles. The summed E-state index contributed by atoms with van der Waals surface area (Å²) >= 11 is 0. The molecule has 2 fully saturated rings. The van der Waals surface area contributed by atoms with E-state index in [0.717, 1.165) is 43.9 Å². The minimum absolute atomic E-state index is 0.0639. The van der Waals surface area contributed by atoms with Gasteiger partial charge >= 0.3 is 0 Å². The van der Waals surface area contributed by atoms with Crippen molar-refractivity contribution in [1.82, 2.24) is 14.9 Å². The normalized spacial score (nSPS) is 21.4. The zero-order valence-corrected chi connectivity index (χ0v) is 15.3. The Morgan fingerprint density at radius 2 is 1.96 bits per heavy atom. The Bertz CT molecular complexity index is 925. The number of rotatable bonds is 5. The first-order valence-corrected chi connectivity index (χ1v) is 9.56. The van der Waals surface area contributed by atoms with Gasteiger partial charge in [-0.3, -0.25) is 9.88 Å². The second-order valence-corrected chi connectivity index (χ2v) is 7.52. The Morgan fingerprint density at radius 3 is 2.85 bits per heavy atom. The van der Waals surface area contributed by atoms with Crippen molar-refractivity contribution in [2.45, 2.75) is 18.6 Å². The van der Waals surface area contributed by atoms with Crippen molar-refractivity contribution in [3.63, 3.8) is 0 Å². The van der Waals surface area contributed by atoms with E-state index in [4.69, 9.17) is 14.5 Å². The molecule has 4 heterocycles. The molecule has 2 aliphatic heterocycles. The van der Waals surface area contributed by atoms with Crippen LogP contribution in [-0.2, 0) is 11.3 Å². The van der Waals surface area contributed by atoms with Crippen molar-refractivity contribution in [2.75, 3.05) is 26.3 Å². The molecule has 0 unspecified atom stereocenters. The molecule has 1 atom stereocenters. The predicted octanol–water partition coefficient (Wildman–Crippen LogP) is 3.30. The minimum atomic E-state index is -0.0639. The van der Waals surface area contributed by atoms with E-state index in [9.17, 15) is 0 Å². The van der Waals surface area contributed by atoms with Gasteiger partial charge in [0.15, 0.2) is 0 Å². The zero-order chi connectivity index (χ0) is 18.1. The summed E-state index contributed by atoms with van der Waals surface area (Å²) in [5.74, 6) is 1.11. The van der Waals surface area contributed by atoms with Gasteiger partial charge in [0.2, 0.25) is 5.88 Å². The number of ether oxygens (including phenoxy) is 2. The molecular weight excluding hydrogens is 338 g/mol. The fraction of sp³-hybridized carbons (Fsp3) is 0.364. The molecule has 5 heteroatoms. The Balaban J connectivity index is 1.20. The number of para-hydroxylation sites is 1. The summed E-state index contributed by atoms with van der Waals surface area (Å²) in [4.78, 5) is 11.4. The molecule has 1 spiro atoms. The van der Waals surface area contributed by atoms with E-state index >= 15 is 0 Å². The summed E-state index contributed by atoms with van der Waals surface area (Å²) in [6.07, 6.45) is 2.81. The summed E-state index contributed by atoms with van der Waals surface area (Å²) in [6, 6.07) is 18.3. The lowest BCUT2D eigenvalue weighted by atomic mass is 9.81. The summed E-state index contributed by atoms with van der Waals surface area (Å²) in [7, 11) is 0. The average molecular weight is 361 g/mol. The largest absolute Gasteiger partial charge is 0.477 e. The molecule has 5 rings (SSSR count). The van der Waals surface area contributed by atoms with Gasteiger partial charge in [0.25, 0.3) is 0 Å². The lowest BCUT2D eigenvalue weighted by Crippen LogP contribution is -2.64. The maximum Gasteiger partial charge on any atom is 0.213 e. The highest BCUT2D eigenvalue weighted by atomic mass is 16.5. The molecule has 0 bridgehead atoms. The molecule has 2 aliphatic rings. The van der Waals surface area contributed by atoms with Gasteiger partial charge in [0, 0.05) is 49.8 Å². The van der Waals surface area contributed by atoms with Crippen LogP contribution in [-0.4, -0.2) is 46.8 Å². The van der Waals surface area contributed by atoms with Gasteiger partial charge in [-0.15, -0.1) is 0 Å². The molecule has 3 aromatic rings. The molecule has 2 aromatic heterocycles. The molecule has 0 amide bonds. The van der Waals surface area contributed by atoms with Gasteiger partial charge in [0.05, 0.1) is 23.4 Å². The van der Waals surface area contributed by atoms with Crippen LogP contribution in [0, 0.1) is 5.92 Å². The van der Waals surface area contributed by atoms with E-state index < -0.39 is 0 Å². The van der Waals surface area contributed by atoms with E-state index in [0.29, 0.717) is 18.4 Å². The lowest BCUT2D eigenvalue weighted by molar-refractivity contribution is -0.141. The van der Waals surface area contributed by atoms with Crippen LogP contribution in [0.25, 0.3) is 10.9 Å².